The molecule has 0 bridgehead atoms. The fourth-order valence-corrected chi connectivity index (χ4v) is 3.11. The van der Waals surface area contributed by atoms with Crippen LogP contribution in [0.2, 0.25) is 0 Å². The van der Waals surface area contributed by atoms with Gasteiger partial charge in [0.05, 0.1) is 12.0 Å². The number of nitrogens with one attached hydrogen (secondary N) is 1. The molecule has 0 aliphatic heterocycles. The summed E-state index contributed by atoms with van der Waals surface area (Å²) in [7, 11) is 0. The van der Waals surface area contributed by atoms with Gasteiger partial charge in [0.15, 0.2) is 0 Å². The number of rotatable bonds is 19. The van der Waals surface area contributed by atoms with Crippen LogP contribution in [0.25, 0.3) is 0 Å². The van der Waals surface area contributed by atoms with Crippen molar-refractivity contribution < 1.29 is 49.0 Å². The van der Waals surface area contributed by atoms with Crippen LogP contribution in [0.4, 0.5) is 0 Å². The van der Waals surface area contributed by atoms with Gasteiger partial charge >= 0.3 is 29.6 Å². The Kier molecular flexibility index (Phi) is 22.3. The number of carbonyl (C=O) groups excluding carboxylic acids is 3. The van der Waals surface area contributed by atoms with Gasteiger partial charge in [-0.05, 0) is 12.8 Å². The minimum atomic E-state index is -1.38. The van der Waals surface area contributed by atoms with Gasteiger partial charge in [0.2, 0.25) is 11.8 Å². The van der Waals surface area contributed by atoms with Crippen molar-refractivity contribution in [3.05, 3.63) is 0 Å². The van der Waals surface area contributed by atoms with E-state index in [1.165, 1.54) is 64.2 Å². The molecule has 0 heterocycles. The van der Waals surface area contributed by atoms with Gasteiger partial charge in [-0.1, -0.05) is 84.0 Å². The van der Waals surface area contributed by atoms with Crippen molar-refractivity contribution in [3.8, 4) is 0 Å². The van der Waals surface area contributed by atoms with Crippen LogP contribution >= 0.6 is 0 Å². The summed E-state index contributed by atoms with van der Waals surface area (Å²) in [6.07, 6.45) is 16.2. The molecule has 0 fully saturated rings. The number of unbranched alkanes of at least 4 members (excludes halogenated alkanes) is 12. The third-order valence-electron chi connectivity index (χ3n) is 4.81. The quantitative estimate of drug-likeness (QED) is 0.232. The van der Waals surface area contributed by atoms with Crippen LogP contribution in [0.5, 0.6) is 0 Å². The van der Waals surface area contributed by atoms with E-state index in [4.69, 9.17) is 5.73 Å². The maximum Gasteiger partial charge on any atom is 1.00 e. The third-order valence-corrected chi connectivity index (χ3v) is 4.81. The number of amides is 2. The van der Waals surface area contributed by atoms with E-state index in [2.05, 4.69) is 12.2 Å². The molecule has 0 aromatic rings. The number of aliphatic carboxylic acids is 1. The van der Waals surface area contributed by atoms with E-state index in [1.54, 1.807) is 0 Å². The zero-order chi connectivity index (χ0) is 20.3. The average Bonchev–Trinajstić information content (AvgIpc) is 2.62. The zero-order valence-corrected chi connectivity index (χ0v) is 20.1. The summed E-state index contributed by atoms with van der Waals surface area (Å²) in [5.41, 5.74) is 5.00. The van der Waals surface area contributed by atoms with E-state index in [1.807, 2.05) is 0 Å². The molecule has 7 heteroatoms. The Morgan fingerprint density at radius 2 is 1.21 bits per heavy atom. The van der Waals surface area contributed by atoms with Gasteiger partial charge in [-0.25, -0.2) is 0 Å². The number of nitrogens with two attached hydrogens (primary N) is 1. The van der Waals surface area contributed by atoms with Crippen LogP contribution in [-0.2, 0) is 14.4 Å². The summed E-state index contributed by atoms with van der Waals surface area (Å²) in [6.45, 7) is 2.24. The van der Waals surface area contributed by atoms with Gasteiger partial charge in [-0.3, -0.25) is 9.59 Å². The molecule has 2 amide bonds. The number of carboxylic acid groups (broad SMARTS) is 1. The summed E-state index contributed by atoms with van der Waals surface area (Å²) in [5.74, 6) is -2.28. The number of hydrogen-bond acceptors (Lipinski definition) is 4. The first kappa shape index (κ1) is 29.6. The summed E-state index contributed by atoms with van der Waals surface area (Å²) < 4.78 is 0. The predicted octanol–water partition coefficient (Wildman–Crippen LogP) is -0.0281. The van der Waals surface area contributed by atoms with Crippen LogP contribution in [0.3, 0.4) is 0 Å². The minimum absolute atomic E-state index is 0. The predicted molar refractivity (Wildman–Crippen MR) is 106 cm³/mol. The summed E-state index contributed by atoms with van der Waals surface area (Å²) >= 11 is 0. The Balaban J connectivity index is 0. The molecule has 6 nitrogen and oxygen atoms in total. The van der Waals surface area contributed by atoms with Crippen LogP contribution < -0.4 is 45.7 Å². The summed E-state index contributed by atoms with van der Waals surface area (Å²) in [4.78, 5) is 33.5. The standard InChI is InChI=1S/C21H40N2O4.Na/c1-2-3-4-5-6-7-8-9-10-11-12-13-14-15-20(25)23-18(21(26)27)16-17-19(22)24;/h18H,2-17H2,1H3,(H2,22,24)(H,23,25)(H,26,27);/q;+1/p-1/t18-;/m0./s1. The van der Waals surface area contributed by atoms with Gasteiger partial charge in [-0.15, -0.1) is 0 Å². The molecular weight excluding hydrogens is 367 g/mol. The molecular formula is C21H39N2NaO4. The molecule has 0 aliphatic rings. The summed E-state index contributed by atoms with van der Waals surface area (Å²) in [6, 6.07) is -1.15. The van der Waals surface area contributed by atoms with Crippen molar-refractivity contribution in [2.24, 2.45) is 5.73 Å². The molecule has 0 radical (unpaired) electrons. The van der Waals surface area contributed by atoms with Crippen molar-refractivity contribution in [1.29, 1.82) is 0 Å². The molecule has 3 N–H and O–H groups in total. The first-order valence-electron chi connectivity index (χ1n) is 10.8. The number of carboxylic acids is 1. The van der Waals surface area contributed by atoms with Gasteiger partial charge in [0, 0.05) is 12.8 Å². The van der Waals surface area contributed by atoms with E-state index in [9.17, 15) is 19.5 Å². The second kappa shape index (κ2) is 21.1. The minimum Gasteiger partial charge on any atom is -0.548 e. The Morgan fingerprint density at radius 1 is 0.786 bits per heavy atom. The second-order valence-corrected chi connectivity index (χ2v) is 7.44. The van der Waals surface area contributed by atoms with Crippen molar-refractivity contribution >= 4 is 17.8 Å². The van der Waals surface area contributed by atoms with Gasteiger partial charge < -0.3 is 21.0 Å². The van der Waals surface area contributed by atoms with E-state index in [0.717, 1.165) is 19.3 Å². The summed E-state index contributed by atoms with van der Waals surface area (Å²) in [5, 5.41) is 13.4. The Bertz CT molecular complexity index is 419. The second-order valence-electron chi connectivity index (χ2n) is 7.44. The van der Waals surface area contributed by atoms with Gasteiger partial charge in [0.1, 0.15) is 0 Å². The molecule has 28 heavy (non-hydrogen) atoms. The maximum atomic E-state index is 11.8. The number of primary amides is 1. The van der Waals surface area contributed by atoms with Crippen LogP contribution in [0.1, 0.15) is 110 Å². The fourth-order valence-electron chi connectivity index (χ4n) is 3.11. The molecule has 0 aliphatic carbocycles. The smallest absolute Gasteiger partial charge is 0.548 e. The Morgan fingerprint density at radius 3 is 1.61 bits per heavy atom. The molecule has 0 unspecified atom stereocenters. The number of hydrogen-bond donors (Lipinski definition) is 2. The topological polar surface area (TPSA) is 112 Å². The van der Waals surface area contributed by atoms with Crippen molar-refractivity contribution in [2.45, 2.75) is 116 Å². The maximum absolute atomic E-state index is 11.8. The largest absolute Gasteiger partial charge is 1.00 e. The molecule has 158 valence electrons. The monoisotopic (exact) mass is 406 g/mol. The van der Waals surface area contributed by atoms with Crippen molar-refractivity contribution in [3.63, 3.8) is 0 Å². The Hall–Kier alpha value is -0.590. The van der Waals surface area contributed by atoms with E-state index in [0.29, 0.717) is 6.42 Å². The van der Waals surface area contributed by atoms with Crippen LogP contribution in [0.15, 0.2) is 0 Å². The molecule has 0 saturated heterocycles. The van der Waals surface area contributed by atoms with E-state index < -0.39 is 17.9 Å². The number of carbonyl (C=O) groups is 3. The average molecular weight is 407 g/mol. The van der Waals surface area contributed by atoms with Gasteiger partial charge in [0.25, 0.3) is 0 Å². The van der Waals surface area contributed by atoms with E-state index in [-0.39, 0.29) is 48.3 Å². The zero-order valence-electron chi connectivity index (χ0n) is 18.1. The molecule has 0 aromatic carbocycles. The SMILES string of the molecule is CCCCCCCCCCCCCCCC(=O)N[C@@H](CCC(N)=O)C(=O)[O-].[Na+]. The van der Waals surface area contributed by atoms with Crippen LogP contribution in [0, 0.1) is 0 Å². The van der Waals surface area contributed by atoms with Crippen LogP contribution in [-0.4, -0.2) is 23.8 Å². The fraction of sp³-hybridized carbons (Fsp3) is 0.857. The van der Waals surface area contributed by atoms with Gasteiger partial charge in [-0.2, -0.15) is 0 Å². The Labute approximate surface area is 193 Å². The first-order chi connectivity index (χ1) is 13.0. The normalized spacial score (nSPS) is 11.5. The van der Waals surface area contributed by atoms with Crippen molar-refractivity contribution in [2.75, 3.05) is 0 Å². The van der Waals surface area contributed by atoms with Crippen molar-refractivity contribution in [1.82, 2.24) is 5.32 Å². The molecule has 0 spiro atoms. The molecule has 0 saturated carbocycles. The molecule has 0 aromatic heterocycles. The molecule has 0 rings (SSSR count). The van der Waals surface area contributed by atoms with E-state index >= 15 is 0 Å². The third kappa shape index (κ3) is 20.2. The first-order valence-corrected chi connectivity index (χ1v) is 10.8. The molecule has 1 atom stereocenters.